The molecule has 30 heavy (non-hydrogen) atoms. The Balaban J connectivity index is 1.52. The predicted molar refractivity (Wildman–Crippen MR) is 112 cm³/mol. The van der Waals surface area contributed by atoms with E-state index in [1.165, 1.54) is 0 Å². The lowest BCUT2D eigenvalue weighted by Gasteiger charge is -2.19. The van der Waals surface area contributed by atoms with Gasteiger partial charge in [-0.05, 0) is 35.7 Å². The summed E-state index contributed by atoms with van der Waals surface area (Å²) in [5.74, 6) is -1.74. The SMILES string of the molecule is CCc1ccccc1N1C[C@@H](C(=O)OCC(=O)Nc2ccc(CC#N)cc2)CC1=O. The number of anilines is 2. The van der Waals surface area contributed by atoms with Crippen molar-refractivity contribution in [1.82, 2.24) is 0 Å². The molecule has 1 fully saturated rings. The number of carbonyl (C=O) groups excluding carboxylic acids is 3. The summed E-state index contributed by atoms with van der Waals surface area (Å²) in [4.78, 5) is 38.5. The van der Waals surface area contributed by atoms with Crippen LogP contribution in [0.25, 0.3) is 0 Å². The molecular weight excluding hydrogens is 382 g/mol. The largest absolute Gasteiger partial charge is 0.455 e. The number of ether oxygens (including phenoxy) is 1. The molecular formula is C23H23N3O4. The smallest absolute Gasteiger partial charge is 0.311 e. The van der Waals surface area contributed by atoms with Crippen LogP contribution in [-0.4, -0.2) is 30.9 Å². The number of benzene rings is 2. The first-order valence-electron chi connectivity index (χ1n) is 9.82. The number of esters is 1. The van der Waals surface area contributed by atoms with E-state index in [1.54, 1.807) is 29.2 Å². The predicted octanol–water partition coefficient (Wildman–Crippen LogP) is 2.85. The molecule has 0 radical (unpaired) electrons. The van der Waals surface area contributed by atoms with Crippen molar-refractivity contribution in [3.63, 3.8) is 0 Å². The summed E-state index contributed by atoms with van der Waals surface area (Å²) < 4.78 is 5.14. The maximum absolute atomic E-state index is 12.4. The Hall–Kier alpha value is -3.66. The molecule has 3 rings (SSSR count). The van der Waals surface area contributed by atoms with Gasteiger partial charge in [-0.1, -0.05) is 37.3 Å². The van der Waals surface area contributed by atoms with Crippen LogP contribution in [0.1, 0.15) is 24.5 Å². The van der Waals surface area contributed by atoms with Crippen molar-refractivity contribution in [2.75, 3.05) is 23.4 Å². The molecule has 0 bridgehead atoms. The van der Waals surface area contributed by atoms with Crippen molar-refractivity contribution in [3.05, 3.63) is 59.7 Å². The number of hydrogen-bond donors (Lipinski definition) is 1. The molecule has 0 aliphatic carbocycles. The number of nitrogens with one attached hydrogen (secondary N) is 1. The van der Waals surface area contributed by atoms with Gasteiger partial charge in [0.2, 0.25) is 5.91 Å². The van der Waals surface area contributed by atoms with Gasteiger partial charge in [0.25, 0.3) is 5.91 Å². The highest BCUT2D eigenvalue weighted by atomic mass is 16.5. The van der Waals surface area contributed by atoms with Crippen LogP contribution in [0.15, 0.2) is 48.5 Å². The van der Waals surface area contributed by atoms with Crippen LogP contribution < -0.4 is 10.2 Å². The quantitative estimate of drug-likeness (QED) is 0.714. The molecule has 0 spiro atoms. The molecule has 2 aromatic carbocycles. The topological polar surface area (TPSA) is 99.5 Å². The second kappa shape index (κ2) is 9.70. The zero-order chi connectivity index (χ0) is 21.5. The third-order valence-electron chi connectivity index (χ3n) is 4.99. The Bertz CT molecular complexity index is 979. The fraction of sp³-hybridized carbons (Fsp3) is 0.304. The van der Waals surface area contributed by atoms with Crippen LogP contribution in [0.2, 0.25) is 0 Å². The lowest BCUT2D eigenvalue weighted by Crippen LogP contribution is -2.28. The first kappa shape index (κ1) is 21.1. The van der Waals surface area contributed by atoms with Crippen LogP contribution in [0, 0.1) is 17.2 Å². The molecule has 7 heteroatoms. The van der Waals surface area contributed by atoms with E-state index in [4.69, 9.17) is 10.00 Å². The number of nitriles is 1. The van der Waals surface area contributed by atoms with Gasteiger partial charge in [-0.2, -0.15) is 5.26 Å². The highest BCUT2D eigenvalue weighted by Gasteiger charge is 2.36. The molecule has 1 aliphatic rings. The third-order valence-corrected chi connectivity index (χ3v) is 4.99. The van der Waals surface area contributed by atoms with E-state index in [1.807, 2.05) is 31.2 Å². The standard InChI is InChI=1S/C23H23N3O4/c1-2-17-5-3-4-6-20(17)26-14-18(13-22(26)28)23(29)30-15-21(27)25-19-9-7-16(8-10-19)11-12-24/h3-10,18H,2,11,13-15H2,1H3,(H,25,27)/t18-/m0/s1. The molecule has 0 unspecified atom stereocenters. The van der Waals surface area contributed by atoms with Gasteiger partial charge in [0, 0.05) is 24.3 Å². The van der Waals surface area contributed by atoms with Crippen LogP contribution in [0.5, 0.6) is 0 Å². The second-order valence-electron chi connectivity index (χ2n) is 7.08. The zero-order valence-electron chi connectivity index (χ0n) is 16.8. The van der Waals surface area contributed by atoms with E-state index >= 15 is 0 Å². The summed E-state index contributed by atoms with van der Waals surface area (Å²) in [6.07, 6.45) is 1.15. The summed E-state index contributed by atoms with van der Waals surface area (Å²) in [7, 11) is 0. The average Bonchev–Trinajstić information content (AvgIpc) is 3.15. The van der Waals surface area contributed by atoms with Crippen molar-refractivity contribution in [2.24, 2.45) is 5.92 Å². The maximum atomic E-state index is 12.4. The highest BCUT2D eigenvalue weighted by Crippen LogP contribution is 2.29. The summed E-state index contributed by atoms with van der Waals surface area (Å²) in [6.45, 7) is 1.84. The molecule has 1 aliphatic heterocycles. The van der Waals surface area contributed by atoms with Crippen LogP contribution in [0.3, 0.4) is 0 Å². The number of nitrogens with zero attached hydrogens (tertiary/aromatic N) is 2. The number of amides is 2. The minimum Gasteiger partial charge on any atom is -0.455 e. The van der Waals surface area contributed by atoms with Gasteiger partial charge >= 0.3 is 5.97 Å². The maximum Gasteiger partial charge on any atom is 0.311 e. The fourth-order valence-corrected chi connectivity index (χ4v) is 3.42. The van der Waals surface area contributed by atoms with Crippen molar-refractivity contribution in [2.45, 2.75) is 26.2 Å². The van der Waals surface area contributed by atoms with E-state index in [0.717, 1.165) is 23.2 Å². The Morgan fingerprint density at radius 1 is 1.20 bits per heavy atom. The molecule has 0 aromatic heterocycles. The fourth-order valence-electron chi connectivity index (χ4n) is 3.42. The lowest BCUT2D eigenvalue weighted by molar-refractivity contribution is -0.151. The Kier molecular flexibility index (Phi) is 6.81. The van der Waals surface area contributed by atoms with Gasteiger partial charge in [-0.15, -0.1) is 0 Å². The van der Waals surface area contributed by atoms with Crippen LogP contribution in [-0.2, 0) is 32.0 Å². The summed E-state index contributed by atoms with van der Waals surface area (Å²) in [6, 6.07) is 16.5. The summed E-state index contributed by atoms with van der Waals surface area (Å²) in [5.41, 5.74) is 3.26. The van der Waals surface area contributed by atoms with Gasteiger partial charge in [0.15, 0.2) is 6.61 Å². The van der Waals surface area contributed by atoms with Crippen LogP contribution in [0.4, 0.5) is 11.4 Å². The van der Waals surface area contributed by atoms with E-state index < -0.39 is 24.4 Å². The van der Waals surface area contributed by atoms with Crippen molar-refractivity contribution >= 4 is 29.2 Å². The minimum absolute atomic E-state index is 0.0683. The number of rotatable bonds is 7. The van der Waals surface area contributed by atoms with Crippen molar-refractivity contribution in [3.8, 4) is 6.07 Å². The first-order chi connectivity index (χ1) is 14.5. The minimum atomic E-state index is -0.597. The molecule has 7 nitrogen and oxygen atoms in total. The first-order valence-corrected chi connectivity index (χ1v) is 9.82. The van der Waals surface area contributed by atoms with Crippen molar-refractivity contribution < 1.29 is 19.1 Å². The monoisotopic (exact) mass is 405 g/mol. The van der Waals surface area contributed by atoms with Gasteiger partial charge in [0.05, 0.1) is 18.4 Å². The van der Waals surface area contributed by atoms with Gasteiger partial charge in [-0.3, -0.25) is 14.4 Å². The Labute approximate surface area is 175 Å². The lowest BCUT2D eigenvalue weighted by atomic mass is 10.1. The zero-order valence-corrected chi connectivity index (χ0v) is 16.8. The second-order valence-corrected chi connectivity index (χ2v) is 7.08. The number of carbonyl (C=O) groups is 3. The number of para-hydroxylation sites is 1. The molecule has 2 amide bonds. The van der Waals surface area contributed by atoms with Crippen LogP contribution >= 0.6 is 0 Å². The molecule has 0 saturated carbocycles. The van der Waals surface area contributed by atoms with Gasteiger partial charge in [0.1, 0.15) is 0 Å². The number of aryl methyl sites for hydroxylation is 1. The van der Waals surface area contributed by atoms with Crippen molar-refractivity contribution in [1.29, 1.82) is 5.26 Å². The van der Waals surface area contributed by atoms with E-state index in [9.17, 15) is 14.4 Å². The molecule has 1 saturated heterocycles. The Morgan fingerprint density at radius 3 is 2.63 bits per heavy atom. The molecule has 1 heterocycles. The summed E-state index contributed by atoms with van der Waals surface area (Å²) in [5, 5.41) is 11.3. The third kappa shape index (κ3) is 5.03. The summed E-state index contributed by atoms with van der Waals surface area (Å²) >= 11 is 0. The molecule has 154 valence electrons. The molecule has 2 aromatic rings. The highest BCUT2D eigenvalue weighted by molar-refractivity contribution is 6.00. The molecule has 1 atom stereocenters. The molecule has 1 N–H and O–H groups in total. The van der Waals surface area contributed by atoms with E-state index in [2.05, 4.69) is 11.4 Å². The number of hydrogen-bond acceptors (Lipinski definition) is 5. The van der Waals surface area contributed by atoms with E-state index in [-0.39, 0.29) is 18.9 Å². The van der Waals surface area contributed by atoms with Gasteiger partial charge in [-0.25, -0.2) is 0 Å². The van der Waals surface area contributed by atoms with Gasteiger partial charge < -0.3 is 15.0 Å². The normalized spacial score (nSPS) is 15.5. The average molecular weight is 405 g/mol. The Morgan fingerprint density at radius 2 is 1.93 bits per heavy atom. The van der Waals surface area contributed by atoms with E-state index in [0.29, 0.717) is 12.1 Å².